The summed E-state index contributed by atoms with van der Waals surface area (Å²) in [5.41, 5.74) is 2.94. The molecule has 1 saturated carbocycles. The minimum Gasteiger partial charge on any atom is -0.395 e. The van der Waals surface area contributed by atoms with E-state index < -0.39 is 0 Å². The molecule has 1 heterocycles. The number of rotatable bonds is 5. The predicted molar refractivity (Wildman–Crippen MR) is 72.5 cm³/mol. The van der Waals surface area contributed by atoms with Gasteiger partial charge < -0.3 is 10.4 Å². The maximum Gasteiger partial charge on any atom is 0.0597 e. The van der Waals surface area contributed by atoms with Gasteiger partial charge in [-0.05, 0) is 30.4 Å². The Balaban J connectivity index is 1.57. The SMILES string of the molecule is OCC(CN1CCc2ccccc2C1)NC1CC1. The minimum absolute atomic E-state index is 0.239. The molecule has 2 aliphatic rings. The van der Waals surface area contributed by atoms with Crippen molar-refractivity contribution >= 4 is 0 Å². The summed E-state index contributed by atoms with van der Waals surface area (Å²) in [5.74, 6) is 0. The second-order valence-corrected chi connectivity index (χ2v) is 5.57. The number of aliphatic hydroxyl groups excluding tert-OH is 1. The van der Waals surface area contributed by atoms with Gasteiger partial charge >= 0.3 is 0 Å². The maximum atomic E-state index is 9.44. The zero-order chi connectivity index (χ0) is 12.4. The first-order valence-electron chi connectivity index (χ1n) is 7.01. The van der Waals surface area contributed by atoms with Gasteiger partial charge in [-0.3, -0.25) is 4.90 Å². The van der Waals surface area contributed by atoms with Crippen molar-refractivity contribution in [1.29, 1.82) is 0 Å². The summed E-state index contributed by atoms with van der Waals surface area (Å²) in [5, 5.41) is 13.0. The van der Waals surface area contributed by atoms with E-state index in [0.717, 1.165) is 26.1 Å². The summed E-state index contributed by atoms with van der Waals surface area (Å²) in [4.78, 5) is 2.46. The number of nitrogens with one attached hydrogen (secondary N) is 1. The van der Waals surface area contributed by atoms with Crippen molar-refractivity contribution in [2.45, 2.75) is 37.9 Å². The number of benzene rings is 1. The molecule has 3 rings (SSSR count). The molecule has 1 aromatic rings. The van der Waals surface area contributed by atoms with Gasteiger partial charge in [0.25, 0.3) is 0 Å². The highest BCUT2D eigenvalue weighted by molar-refractivity contribution is 5.29. The molecular weight excluding hydrogens is 224 g/mol. The highest BCUT2D eigenvalue weighted by atomic mass is 16.3. The van der Waals surface area contributed by atoms with Gasteiger partial charge in [0.05, 0.1) is 6.61 Å². The quantitative estimate of drug-likeness (QED) is 0.818. The lowest BCUT2D eigenvalue weighted by atomic mass is 9.99. The molecule has 18 heavy (non-hydrogen) atoms. The maximum absolute atomic E-state index is 9.44. The van der Waals surface area contributed by atoms with Crippen LogP contribution in [0.5, 0.6) is 0 Å². The Morgan fingerprint density at radius 2 is 2.06 bits per heavy atom. The number of nitrogens with zero attached hydrogens (tertiary/aromatic N) is 1. The molecule has 0 amide bonds. The first-order chi connectivity index (χ1) is 8.85. The Morgan fingerprint density at radius 1 is 1.28 bits per heavy atom. The summed E-state index contributed by atoms with van der Waals surface area (Å²) < 4.78 is 0. The van der Waals surface area contributed by atoms with Gasteiger partial charge in [0.2, 0.25) is 0 Å². The van der Waals surface area contributed by atoms with Crippen LogP contribution in [-0.2, 0) is 13.0 Å². The molecule has 1 unspecified atom stereocenters. The third-order valence-electron chi connectivity index (χ3n) is 3.96. The lowest BCUT2D eigenvalue weighted by molar-refractivity contribution is 0.171. The third-order valence-corrected chi connectivity index (χ3v) is 3.96. The van der Waals surface area contributed by atoms with E-state index in [1.807, 2.05) is 0 Å². The number of aliphatic hydroxyl groups is 1. The summed E-state index contributed by atoms with van der Waals surface area (Å²) in [6.07, 6.45) is 3.69. The van der Waals surface area contributed by atoms with Gasteiger partial charge in [-0.25, -0.2) is 0 Å². The molecule has 0 spiro atoms. The number of fused-ring (bicyclic) bond motifs is 1. The Hall–Kier alpha value is -0.900. The second kappa shape index (κ2) is 5.39. The van der Waals surface area contributed by atoms with Crippen LogP contribution in [0.2, 0.25) is 0 Å². The van der Waals surface area contributed by atoms with Crippen LogP contribution in [-0.4, -0.2) is 41.8 Å². The van der Waals surface area contributed by atoms with Crippen molar-refractivity contribution in [3.05, 3.63) is 35.4 Å². The summed E-state index contributed by atoms with van der Waals surface area (Å²) in [6, 6.07) is 9.61. The zero-order valence-corrected chi connectivity index (χ0v) is 10.8. The number of hydrogen-bond donors (Lipinski definition) is 2. The van der Waals surface area contributed by atoms with Crippen LogP contribution in [0.1, 0.15) is 24.0 Å². The fourth-order valence-electron chi connectivity index (χ4n) is 2.77. The van der Waals surface area contributed by atoms with E-state index in [-0.39, 0.29) is 12.6 Å². The first kappa shape index (κ1) is 12.2. The summed E-state index contributed by atoms with van der Waals surface area (Å²) in [6.45, 7) is 3.34. The molecule has 98 valence electrons. The predicted octanol–water partition coefficient (Wildman–Crippen LogP) is 1.16. The van der Waals surface area contributed by atoms with Crippen LogP contribution < -0.4 is 5.32 Å². The normalized spacial score (nSPS) is 21.6. The summed E-state index contributed by atoms with van der Waals surface area (Å²) in [7, 11) is 0. The van der Waals surface area contributed by atoms with Gasteiger partial charge in [-0.15, -0.1) is 0 Å². The van der Waals surface area contributed by atoms with E-state index in [1.165, 1.54) is 24.0 Å². The van der Waals surface area contributed by atoms with Crippen LogP contribution >= 0.6 is 0 Å². The smallest absolute Gasteiger partial charge is 0.0597 e. The van der Waals surface area contributed by atoms with Gasteiger partial charge in [0, 0.05) is 31.7 Å². The van der Waals surface area contributed by atoms with E-state index >= 15 is 0 Å². The lowest BCUT2D eigenvalue weighted by Crippen LogP contribution is -2.45. The zero-order valence-electron chi connectivity index (χ0n) is 10.8. The first-order valence-corrected chi connectivity index (χ1v) is 7.01. The second-order valence-electron chi connectivity index (χ2n) is 5.57. The van der Waals surface area contributed by atoms with Gasteiger partial charge in [-0.2, -0.15) is 0 Å². The molecule has 1 aliphatic heterocycles. The van der Waals surface area contributed by atoms with Crippen molar-refractivity contribution in [3.8, 4) is 0 Å². The molecule has 0 radical (unpaired) electrons. The Kier molecular flexibility index (Phi) is 3.64. The minimum atomic E-state index is 0.239. The van der Waals surface area contributed by atoms with E-state index in [4.69, 9.17) is 0 Å². The number of hydrogen-bond acceptors (Lipinski definition) is 3. The molecule has 2 N–H and O–H groups in total. The van der Waals surface area contributed by atoms with Crippen molar-refractivity contribution in [2.75, 3.05) is 19.7 Å². The molecule has 1 aliphatic carbocycles. The molecule has 0 aromatic heterocycles. The Labute approximate surface area is 109 Å². The lowest BCUT2D eigenvalue weighted by Gasteiger charge is -2.31. The monoisotopic (exact) mass is 246 g/mol. The highest BCUT2D eigenvalue weighted by Gasteiger charge is 2.26. The van der Waals surface area contributed by atoms with Crippen LogP contribution in [0.25, 0.3) is 0 Å². The molecule has 1 fully saturated rings. The molecule has 1 aromatic carbocycles. The standard InChI is InChI=1S/C15H22N2O/c18-11-15(16-14-5-6-14)10-17-8-7-12-3-1-2-4-13(12)9-17/h1-4,14-16,18H,5-11H2. The summed E-state index contributed by atoms with van der Waals surface area (Å²) >= 11 is 0. The van der Waals surface area contributed by atoms with Gasteiger partial charge in [-0.1, -0.05) is 24.3 Å². The molecule has 3 heteroatoms. The van der Waals surface area contributed by atoms with Crippen LogP contribution in [0, 0.1) is 0 Å². The van der Waals surface area contributed by atoms with E-state index in [1.54, 1.807) is 0 Å². The van der Waals surface area contributed by atoms with Gasteiger partial charge in [0.15, 0.2) is 0 Å². The van der Waals surface area contributed by atoms with Crippen molar-refractivity contribution < 1.29 is 5.11 Å². The largest absolute Gasteiger partial charge is 0.395 e. The fourth-order valence-corrected chi connectivity index (χ4v) is 2.77. The van der Waals surface area contributed by atoms with E-state index in [0.29, 0.717) is 6.04 Å². The van der Waals surface area contributed by atoms with Crippen molar-refractivity contribution in [1.82, 2.24) is 10.2 Å². The Morgan fingerprint density at radius 3 is 2.78 bits per heavy atom. The molecule has 0 bridgehead atoms. The third kappa shape index (κ3) is 2.91. The molecule has 3 nitrogen and oxygen atoms in total. The fraction of sp³-hybridized carbons (Fsp3) is 0.600. The molecule has 1 atom stereocenters. The van der Waals surface area contributed by atoms with E-state index in [2.05, 4.69) is 34.5 Å². The Bertz CT molecular complexity index is 403. The average Bonchev–Trinajstić information content (AvgIpc) is 3.22. The van der Waals surface area contributed by atoms with Crippen LogP contribution in [0.4, 0.5) is 0 Å². The highest BCUT2D eigenvalue weighted by Crippen LogP contribution is 2.21. The van der Waals surface area contributed by atoms with Crippen molar-refractivity contribution in [2.24, 2.45) is 0 Å². The molecular formula is C15H22N2O. The van der Waals surface area contributed by atoms with Crippen LogP contribution in [0.15, 0.2) is 24.3 Å². The van der Waals surface area contributed by atoms with Crippen LogP contribution in [0.3, 0.4) is 0 Å². The molecule has 0 saturated heterocycles. The average molecular weight is 246 g/mol. The topological polar surface area (TPSA) is 35.5 Å². The van der Waals surface area contributed by atoms with Crippen molar-refractivity contribution in [3.63, 3.8) is 0 Å². The van der Waals surface area contributed by atoms with Gasteiger partial charge in [0.1, 0.15) is 0 Å². The van der Waals surface area contributed by atoms with E-state index in [9.17, 15) is 5.11 Å².